The van der Waals surface area contributed by atoms with Gasteiger partial charge in [0, 0.05) is 12.5 Å². The van der Waals surface area contributed by atoms with Gasteiger partial charge in [0.2, 0.25) is 11.8 Å². The summed E-state index contributed by atoms with van der Waals surface area (Å²) < 4.78 is 25.9. The maximum Gasteiger partial charge on any atom is 0.244 e. The summed E-state index contributed by atoms with van der Waals surface area (Å²) in [6.07, 6.45) is 1.55. The van der Waals surface area contributed by atoms with Gasteiger partial charge in [-0.1, -0.05) is 42.5 Å². The molecule has 6 nitrogen and oxygen atoms in total. The molecule has 7 heteroatoms. The molecule has 0 aliphatic carbocycles. The summed E-state index contributed by atoms with van der Waals surface area (Å²) in [7, 11) is -3.85. The lowest BCUT2D eigenvalue weighted by molar-refractivity contribution is -0.142. The van der Waals surface area contributed by atoms with Crippen LogP contribution in [-0.4, -0.2) is 36.7 Å². The van der Waals surface area contributed by atoms with Gasteiger partial charge in [-0.2, -0.15) is 0 Å². The van der Waals surface area contributed by atoms with Crippen LogP contribution < -0.4 is 0 Å². The van der Waals surface area contributed by atoms with Crippen molar-refractivity contribution in [2.24, 2.45) is 5.41 Å². The normalized spacial score (nSPS) is 19.2. The fourth-order valence-electron chi connectivity index (χ4n) is 3.41. The first-order valence-electron chi connectivity index (χ1n) is 9.02. The molecule has 0 bridgehead atoms. The van der Waals surface area contributed by atoms with Gasteiger partial charge in [0.05, 0.1) is 21.8 Å². The van der Waals surface area contributed by atoms with Gasteiger partial charge in [0.15, 0.2) is 15.6 Å². The number of sulfone groups is 1. The number of nitrogens with zero attached hydrogens (tertiary/aromatic N) is 1. The maximum absolute atomic E-state index is 13.0. The van der Waals surface area contributed by atoms with Gasteiger partial charge >= 0.3 is 0 Å². The number of carbonyl (C=O) groups excluding carboxylic acids is 3. The van der Waals surface area contributed by atoms with Crippen LogP contribution in [0.4, 0.5) is 0 Å². The van der Waals surface area contributed by atoms with Crippen molar-refractivity contribution in [3.05, 3.63) is 71.8 Å². The van der Waals surface area contributed by atoms with E-state index in [1.807, 2.05) is 6.07 Å². The Kier molecular flexibility index (Phi) is 5.28. The zero-order chi connectivity index (χ0) is 21.4. The molecule has 0 N–H and O–H groups in total. The number of amides is 2. The third-order valence-corrected chi connectivity index (χ3v) is 6.85. The van der Waals surface area contributed by atoms with Crippen molar-refractivity contribution in [2.45, 2.75) is 25.7 Å². The fraction of sp³-hybridized carbons (Fsp3) is 0.227. The van der Waals surface area contributed by atoms with E-state index in [1.54, 1.807) is 30.3 Å². The molecule has 0 radical (unpaired) electrons. The highest BCUT2D eigenvalue weighted by Gasteiger charge is 2.47. The molecule has 1 aliphatic heterocycles. The number of ketones is 1. The Morgan fingerprint density at radius 3 is 2.07 bits per heavy atom. The molecule has 150 valence electrons. The lowest BCUT2D eigenvalue weighted by atomic mass is 9.93. The molecule has 0 fully saturated rings. The molecule has 1 atom stereocenters. The standard InChI is InChI=1S/C22H21NO5S/c1-15(24)17-9-11-19(12-10-17)29(27,28)14-22(3)13-20(18-7-5-4-6-8-18)23(16(2)25)21(22)26/h4-13H,14H2,1-3H3. The average Bonchev–Trinajstić information content (AvgIpc) is 2.93. The molecule has 1 heterocycles. The van der Waals surface area contributed by atoms with Crippen LogP contribution in [0.25, 0.3) is 5.70 Å². The number of hydrogen-bond acceptors (Lipinski definition) is 5. The zero-order valence-corrected chi connectivity index (χ0v) is 17.2. The van der Waals surface area contributed by atoms with Crippen molar-refractivity contribution in [1.82, 2.24) is 4.90 Å². The Bertz CT molecular complexity index is 1120. The van der Waals surface area contributed by atoms with Gasteiger partial charge in [-0.05, 0) is 37.6 Å². The van der Waals surface area contributed by atoms with Crippen LogP contribution >= 0.6 is 0 Å². The van der Waals surface area contributed by atoms with Gasteiger partial charge in [-0.3, -0.25) is 14.4 Å². The second kappa shape index (κ2) is 7.40. The van der Waals surface area contributed by atoms with E-state index in [1.165, 1.54) is 45.0 Å². The van der Waals surface area contributed by atoms with E-state index in [2.05, 4.69) is 0 Å². The summed E-state index contributed by atoms with van der Waals surface area (Å²) >= 11 is 0. The van der Waals surface area contributed by atoms with Crippen molar-refractivity contribution in [2.75, 3.05) is 5.75 Å². The molecule has 0 spiro atoms. The number of hydrogen-bond donors (Lipinski definition) is 0. The predicted octanol–water partition coefficient (Wildman–Crippen LogP) is 3.10. The van der Waals surface area contributed by atoms with Crippen LogP contribution in [0, 0.1) is 5.41 Å². The lowest BCUT2D eigenvalue weighted by Crippen LogP contribution is -2.40. The van der Waals surface area contributed by atoms with Crippen LogP contribution in [-0.2, 0) is 19.4 Å². The summed E-state index contributed by atoms with van der Waals surface area (Å²) in [6.45, 7) is 4.19. The van der Waals surface area contributed by atoms with E-state index in [4.69, 9.17) is 0 Å². The summed E-state index contributed by atoms with van der Waals surface area (Å²) in [4.78, 5) is 37.7. The number of Topliss-reactive ketones (excluding diaryl/α,β-unsaturated/α-hetero) is 1. The van der Waals surface area contributed by atoms with Crippen LogP contribution in [0.2, 0.25) is 0 Å². The van der Waals surface area contributed by atoms with Crippen molar-refractivity contribution < 1.29 is 22.8 Å². The van der Waals surface area contributed by atoms with Gasteiger partial charge in [-0.15, -0.1) is 0 Å². The van der Waals surface area contributed by atoms with Crippen molar-refractivity contribution in [3.8, 4) is 0 Å². The molecular weight excluding hydrogens is 390 g/mol. The molecule has 3 rings (SSSR count). The topological polar surface area (TPSA) is 88.6 Å². The molecular formula is C22H21NO5S. The number of imide groups is 1. The van der Waals surface area contributed by atoms with Gasteiger partial charge < -0.3 is 0 Å². The Balaban J connectivity index is 2.00. The molecule has 1 aliphatic rings. The minimum atomic E-state index is -3.85. The quantitative estimate of drug-likeness (QED) is 0.706. The Labute approximate surface area is 169 Å². The summed E-state index contributed by atoms with van der Waals surface area (Å²) in [5.41, 5.74) is 0.0476. The predicted molar refractivity (Wildman–Crippen MR) is 109 cm³/mol. The Hall–Kier alpha value is -3.06. The van der Waals surface area contributed by atoms with Gasteiger partial charge in [0.25, 0.3) is 0 Å². The summed E-state index contributed by atoms with van der Waals surface area (Å²) in [5.74, 6) is -1.71. The Morgan fingerprint density at radius 1 is 0.966 bits per heavy atom. The van der Waals surface area contributed by atoms with Crippen molar-refractivity contribution >= 4 is 33.1 Å². The summed E-state index contributed by atoms with van der Waals surface area (Å²) in [6, 6.07) is 14.5. The molecule has 1 unspecified atom stereocenters. The SMILES string of the molecule is CC(=O)c1ccc(S(=O)(=O)CC2(C)C=C(c3ccccc3)N(C(C)=O)C2=O)cc1. The zero-order valence-electron chi connectivity index (χ0n) is 16.4. The first-order valence-corrected chi connectivity index (χ1v) is 10.7. The highest BCUT2D eigenvalue weighted by atomic mass is 32.2. The largest absolute Gasteiger partial charge is 0.295 e. The number of carbonyl (C=O) groups is 3. The smallest absolute Gasteiger partial charge is 0.244 e. The molecule has 0 aromatic heterocycles. The van der Waals surface area contributed by atoms with E-state index in [-0.39, 0.29) is 10.7 Å². The van der Waals surface area contributed by atoms with E-state index < -0.39 is 32.8 Å². The van der Waals surface area contributed by atoms with E-state index in [9.17, 15) is 22.8 Å². The minimum Gasteiger partial charge on any atom is -0.295 e. The first kappa shape index (κ1) is 20.7. The van der Waals surface area contributed by atoms with Crippen LogP contribution in [0.15, 0.2) is 65.6 Å². The highest BCUT2D eigenvalue weighted by Crippen LogP contribution is 2.39. The molecule has 2 amide bonds. The monoisotopic (exact) mass is 411 g/mol. The fourth-order valence-corrected chi connectivity index (χ4v) is 5.12. The molecule has 0 saturated heterocycles. The average molecular weight is 411 g/mol. The van der Waals surface area contributed by atoms with Crippen molar-refractivity contribution in [3.63, 3.8) is 0 Å². The number of rotatable bonds is 5. The third kappa shape index (κ3) is 3.91. The molecule has 2 aromatic carbocycles. The first-order chi connectivity index (χ1) is 13.5. The van der Waals surface area contributed by atoms with Crippen LogP contribution in [0.1, 0.15) is 36.7 Å². The van der Waals surface area contributed by atoms with Crippen molar-refractivity contribution in [1.29, 1.82) is 0 Å². The molecule has 2 aromatic rings. The summed E-state index contributed by atoms with van der Waals surface area (Å²) in [5, 5.41) is 0. The second-order valence-corrected chi connectivity index (χ2v) is 9.30. The van der Waals surface area contributed by atoms with Gasteiger partial charge in [-0.25, -0.2) is 13.3 Å². The highest BCUT2D eigenvalue weighted by molar-refractivity contribution is 7.91. The Morgan fingerprint density at radius 2 is 1.55 bits per heavy atom. The van der Waals surface area contributed by atoms with Crippen LogP contribution in [0.3, 0.4) is 0 Å². The third-order valence-electron chi connectivity index (χ3n) is 4.88. The number of benzene rings is 2. The molecule has 0 saturated carbocycles. The molecule has 29 heavy (non-hydrogen) atoms. The van der Waals surface area contributed by atoms with Crippen LogP contribution in [0.5, 0.6) is 0 Å². The minimum absolute atomic E-state index is 0.0208. The second-order valence-electron chi connectivity index (χ2n) is 7.31. The van der Waals surface area contributed by atoms with E-state index in [0.29, 0.717) is 16.8 Å². The lowest BCUT2D eigenvalue weighted by Gasteiger charge is -2.23. The van der Waals surface area contributed by atoms with Gasteiger partial charge in [0.1, 0.15) is 0 Å². The van der Waals surface area contributed by atoms with E-state index >= 15 is 0 Å². The van der Waals surface area contributed by atoms with E-state index in [0.717, 1.165) is 4.90 Å². The maximum atomic E-state index is 13.0.